The molecular weight excluding hydrogens is 356 g/mol. The molecule has 1 aliphatic rings. The number of hydrogen-bond acceptors (Lipinski definition) is 6. The fraction of sp³-hybridized carbons (Fsp3) is 0.500. The van der Waals surface area contributed by atoms with Crippen LogP contribution in [0.15, 0.2) is 28.8 Å². The van der Waals surface area contributed by atoms with Crippen molar-refractivity contribution in [3.8, 4) is 17.1 Å². The molecule has 1 heterocycles. The molecule has 0 aliphatic heterocycles. The summed E-state index contributed by atoms with van der Waals surface area (Å²) in [7, 11) is 0. The number of nitrogens with zero attached hydrogens (tertiary/aromatic N) is 2. The minimum absolute atomic E-state index is 0. The Morgan fingerprint density at radius 1 is 1.38 bits per heavy atom. The Morgan fingerprint density at radius 3 is 2.73 bits per heavy atom. The highest BCUT2D eigenvalue weighted by Gasteiger charge is 2.31. The molecule has 1 aromatic carbocycles. The van der Waals surface area contributed by atoms with Gasteiger partial charge in [-0.25, -0.2) is 0 Å². The van der Waals surface area contributed by atoms with Crippen LogP contribution in [0.3, 0.4) is 0 Å². The summed E-state index contributed by atoms with van der Waals surface area (Å²) in [6.07, 6.45) is 3.03. The number of aromatic nitrogens is 2. The predicted octanol–water partition coefficient (Wildman–Crippen LogP) is 2.34. The fourth-order valence-corrected chi connectivity index (χ4v) is 2.71. The van der Waals surface area contributed by atoms with Gasteiger partial charge in [-0.2, -0.15) is 4.98 Å². The Balaban J connectivity index is 0.00000243. The summed E-state index contributed by atoms with van der Waals surface area (Å²) in [5, 5.41) is 6.96. The number of carbonyl (C=O) groups is 1. The van der Waals surface area contributed by atoms with Crippen molar-refractivity contribution in [3.63, 3.8) is 0 Å². The summed E-state index contributed by atoms with van der Waals surface area (Å²) in [6, 6.07) is 7.59. The van der Waals surface area contributed by atoms with Crippen molar-refractivity contribution in [2.24, 2.45) is 11.7 Å². The second-order valence-corrected chi connectivity index (χ2v) is 6.22. The van der Waals surface area contributed by atoms with Crippen molar-refractivity contribution in [2.45, 2.75) is 38.6 Å². The number of ether oxygens (including phenoxy) is 1. The zero-order valence-corrected chi connectivity index (χ0v) is 15.6. The van der Waals surface area contributed by atoms with Crippen LogP contribution in [0, 0.1) is 5.92 Å². The zero-order chi connectivity index (χ0) is 17.6. The third-order valence-corrected chi connectivity index (χ3v) is 4.25. The van der Waals surface area contributed by atoms with Gasteiger partial charge in [-0.15, -0.1) is 12.4 Å². The first-order valence-electron chi connectivity index (χ1n) is 8.75. The van der Waals surface area contributed by atoms with Crippen LogP contribution in [0.2, 0.25) is 0 Å². The normalized spacial score (nSPS) is 14.4. The lowest BCUT2D eigenvalue weighted by atomic mass is 10.1. The average Bonchev–Trinajstić information content (AvgIpc) is 3.36. The molecule has 142 valence electrons. The highest BCUT2D eigenvalue weighted by Crippen LogP contribution is 2.32. The van der Waals surface area contributed by atoms with Crippen LogP contribution in [-0.2, 0) is 11.2 Å². The fourth-order valence-electron chi connectivity index (χ4n) is 2.71. The lowest BCUT2D eigenvalue weighted by Crippen LogP contribution is -2.41. The van der Waals surface area contributed by atoms with Crippen LogP contribution in [0.5, 0.6) is 5.75 Å². The Bertz CT molecular complexity index is 701. The van der Waals surface area contributed by atoms with Gasteiger partial charge in [0.1, 0.15) is 5.75 Å². The van der Waals surface area contributed by atoms with Crippen LogP contribution >= 0.6 is 12.4 Å². The van der Waals surface area contributed by atoms with Gasteiger partial charge in [0.25, 0.3) is 0 Å². The van der Waals surface area contributed by atoms with Gasteiger partial charge in [0.15, 0.2) is 0 Å². The van der Waals surface area contributed by atoms with E-state index in [2.05, 4.69) is 15.5 Å². The first-order valence-corrected chi connectivity index (χ1v) is 8.75. The number of amides is 1. The first kappa shape index (κ1) is 20.2. The van der Waals surface area contributed by atoms with Gasteiger partial charge < -0.3 is 20.3 Å². The maximum atomic E-state index is 12.0. The standard InChI is InChI=1S/C18H24N4O3.ClH/c1-2-24-14-7-5-13(6-8-14)18-21-17(25-22-18)10-9-16(23)20-15(11-19)12-3-4-12;/h5-8,12,15H,2-4,9-11,19H2,1H3,(H,20,23);1H. The van der Waals surface area contributed by atoms with E-state index >= 15 is 0 Å². The number of hydrogen-bond donors (Lipinski definition) is 2. The summed E-state index contributed by atoms with van der Waals surface area (Å²) in [5.74, 6) is 2.29. The SMILES string of the molecule is CCOc1ccc(-c2noc(CCC(=O)NC(CN)C3CC3)n2)cc1.Cl. The molecule has 1 amide bonds. The van der Waals surface area contributed by atoms with Gasteiger partial charge in [0, 0.05) is 31.0 Å². The van der Waals surface area contributed by atoms with E-state index in [1.54, 1.807) is 0 Å². The highest BCUT2D eigenvalue weighted by atomic mass is 35.5. The monoisotopic (exact) mass is 380 g/mol. The van der Waals surface area contributed by atoms with E-state index in [1.807, 2.05) is 31.2 Å². The average molecular weight is 381 g/mol. The van der Waals surface area contributed by atoms with Crippen LogP contribution in [0.1, 0.15) is 32.1 Å². The van der Waals surface area contributed by atoms with Gasteiger partial charge >= 0.3 is 0 Å². The Kier molecular flexibility index (Phi) is 7.41. The molecule has 3 N–H and O–H groups in total. The topological polar surface area (TPSA) is 103 Å². The molecule has 0 spiro atoms. The smallest absolute Gasteiger partial charge is 0.227 e. The van der Waals surface area contributed by atoms with E-state index in [9.17, 15) is 4.79 Å². The van der Waals surface area contributed by atoms with Gasteiger partial charge in [-0.05, 0) is 49.9 Å². The van der Waals surface area contributed by atoms with Crippen molar-refractivity contribution in [1.82, 2.24) is 15.5 Å². The van der Waals surface area contributed by atoms with Crippen LogP contribution in [0.25, 0.3) is 11.4 Å². The highest BCUT2D eigenvalue weighted by molar-refractivity contribution is 5.85. The Hall–Kier alpha value is -2.12. The van der Waals surface area contributed by atoms with E-state index in [-0.39, 0.29) is 24.4 Å². The number of benzene rings is 1. The lowest BCUT2D eigenvalue weighted by molar-refractivity contribution is -0.121. The number of nitrogens with two attached hydrogens (primary N) is 1. The second kappa shape index (κ2) is 9.54. The summed E-state index contributed by atoms with van der Waals surface area (Å²) >= 11 is 0. The minimum atomic E-state index is -0.0248. The molecule has 0 bridgehead atoms. The van der Waals surface area contributed by atoms with E-state index < -0.39 is 0 Å². The van der Waals surface area contributed by atoms with Gasteiger partial charge in [-0.1, -0.05) is 5.16 Å². The molecule has 7 nitrogen and oxygen atoms in total. The number of carbonyl (C=O) groups excluding carboxylic acids is 1. The summed E-state index contributed by atoms with van der Waals surface area (Å²) in [5.41, 5.74) is 6.55. The van der Waals surface area contributed by atoms with Crippen LogP contribution in [0.4, 0.5) is 0 Å². The molecule has 1 fully saturated rings. The minimum Gasteiger partial charge on any atom is -0.494 e. The summed E-state index contributed by atoms with van der Waals surface area (Å²) in [6.45, 7) is 3.05. The molecule has 1 saturated carbocycles. The predicted molar refractivity (Wildman–Crippen MR) is 100 cm³/mol. The second-order valence-electron chi connectivity index (χ2n) is 6.22. The molecule has 26 heavy (non-hydrogen) atoms. The molecule has 1 atom stereocenters. The number of aryl methyl sites for hydroxylation is 1. The Labute approximate surface area is 159 Å². The molecule has 1 unspecified atom stereocenters. The largest absolute Gasteiger partial charge is 0.494 e. The van der Waals surface area contributed by atoms with Crippen molar-refractivity contribution >= 4 is 18.3 Å². The van der Waals surface area contributed by atoms with Gasteiger partial charge in [0.05, 0.1) is 6.61 Å². The third-order valence-electron chi connectivity index (χ3n) is 4.25. The van der Waals surface area contributed by atoms with Crippen LogP contribution < -0.4 is 15.8 Å². The molecule has 0 radical (unpaired) electrons. The molecular formula is C18H25ClN4O3. The van der Waals surface area contributed by atoms with Gasteiger partial charge in [-0.3, -0.25) is 4.79 Å². The summed E-state index contributed by atoms with van der Waals surface area (Å²) < 4.78 is 10.7. The third kappa shape index (κ3) is 5.44. The molecule has 8 heteroatoms. The maximum Gasteiger partial charge on any atom is 0.227 e. The summed E-state index contributed by atoms with van der Waals surface area (Å²) in [4.78, 5) is 16.4. The Morgan fingerprint density at radius 2 is 2.12 bits per heavy atom. The molecule has 3 rings (SSSR count). The zero-order valence-electron chi connectivity index (χ0n) is 14.8. The van der Waals surface area contributed by atoms with Crippen molar-refractivity contribution < 1.29 is 14.1 Å². The van der Waals surface area contributed by atoms with Gasteiger partial charge in [0.2, 0.25) is 17.6 Å². The molecule has 1 aliphatic carbocycles. The van der Waals surface area contributed by atoms with Crippen LogP contribution in [-0.4, -0.2) is 35.2 Å². The maximum absolute atomic E-state index is 12.0. The number of nitrogens with one attached hydrogen (secondary N) is 1. The molecule has 1 aromatic heterocycles. The molecule has 2 aromatic rings. The van der Waals surface area contributed by atoms with E-state index in [0.29, 0.717) is 43.6 Å². The quantitative estimate of drug-likeness (QED) is 0.692. The van der Waals surface area contributed by atoms with Crippen molar-refractivity contribution in [3.05, 3.63) is 30.2 Å². The molecule has 0 saturated heterocycles. The van der Waals surface area contributed by atoms with Crippen molar-refractivity contribution in [1.29, 1.82) is 0 Å². The van der Waals surface area contributed by atoms with E-state index in [4.69, 9.17) is 15.0 Å². The number of halogens is 1. The van der Waals surface area contributed by atoms with E-state index in [1.165, 1.54) is 0 Å². The van der Waals surface area contributed by atoms with Crippen molar-refractivity contribution in [2.75, 3.05) is 13.2 Å². The lowest BCUT2D eigenvalue weighted by Gasteiger charge is -2.15. The number of rotatable bonds is 9. The first-order chi connectivity index (χ1) is 12.2. The van der Waals surface area contributed by atoms with E-state index in [0.717, 1.165) is 24.2 Å².